The molecule has 0 saturated carbocycles. The molecule has 0 aliphatic heterocycles. The zero-order chi connectivity index (χ0) is 14.0. The summed E-state index contributed by atoms with van der Waals surface area (Å²) in [5.41, 5.74) is -0.0439. The normalized spacial score (nSPS) is 10.5. The molecular formula is C13H13FN2O3. The van der Waals surface area contributed by atoms with Crippen molar-refractivity contribution in [1.82, 2.24) is 9.78 Å². The van der Waals surface area contributed by atoms with E-state index < -0.39 is 17.3 Å². The lowest BCUT2D eigenvalue weighted by molar-refractivity contribution is 0.0519. The van der Waals surface area contributed by atoms with E-state index in [2.05, 4.69) is 5.10 Å². The molecule has 1 aromatic carbocycles. The van der Waals surface area contributed by atoms with E-state index in [0.29, 0.717) is 5.56 Å². The molecule has 5 nitrogen and oxygen atoms in total. The van der Waals surface area contributed by atoms with Gasteiger partial charge in [0.1, 0.15) is 11.4 Å². The quantitative estimate of drug-likeness (QED) is 0.859. The van der Waals surface area contributed by atoms with Gasteiger partial charge in [0.25, 0.3) is 5.56 Å². The minimum Gasteiger partial charge on any atom is -0.461 e. The number of aryl methyl sites for hydroxylation is 1. The van der Waals surface area contributed by atoms with Crippen LogP contribution in [-0.2, 0) is 4.74 Å². The maximum absolute atomic E-state index is 13.9. The van der Waals surface area contributed by atoms with Gasteiger partial charge in [-0.2, -0.15) is 0 Å². The Morgan fingerprint density at radius 3 is 2.89 bits per heavy atom. The molecule has 0 radical (unpaired) electrons. The maximum Gasteiger partial charge on any atom is 0.356 e. The van der Waals surface area contributed by atoms with Crippen LogP contribution in [0.5, 0.6) is 0 Å². The number of carbonyl (C=O) groups is 1. The monoisotopic (exact) mass is 264 g/mol. The van der Waals surface area contributed by atoms with Crippen LogP contribution < -0.4 is 5.56 Å². The molecule has 1 heterocycles. The number of esters is 1. The summed E-state index contributed by atoms with van der Waals surface area (Å²) in [7, 11) is 0. The molecule has 1 N–H and O–H groups in total. The lowest BCUT2D eigenvalue weighted by Gasteiger charge is -2.05. The van der Waals surface area contributed by atoms with Gasteiger partial charge >= 0.3 is 5.97 Å². The molecule has 0 spiro atoms. The Hall–Kier alpha value is -2.37. The molecule has 0 saturated heterocycles. The minimum atomic E-state index is -0.647. The zero-order valence-electron chi connectivity index (χ0n) is 10.6. The van der Waals surface area contributed by atoms with E-state index in [4.69, 9.17) is 4.74 Å². The summed E-state index contributed by atoms with van der Waals surface area (Å²) >= 11 is 0. The summed E-state index contributed by atoms with van der Waals surface area (Å²) in [6, 6.07) is 5.76. The van der Waals surface area contributed by atoms with E-state index >= 15 is 0 Å². The fourth-order valence-corrected chi connectivity index (χ4v) is 1.69. The Morgan fingerprint density at radius 1 is 1.47 bits per heavy atom. The van der Waals surface area contributed by atoms with Crippen molar-refractivity contribution in [1.29, 1.82) is 0 Å². The smallest absolute Gasteiger partial charge is 0.356 e. The first kappa shape index (κ1) is 13.1. The number of nitrogens with zero attached hydrogens (tertiary/aromatic N) is 1. The van der Waals surface area contributed by atoms with Crippen LogP contribution in [0.25, 0.3) is 5.69 Å². The number of hydrogen-bond donors (Lipinski definition) is 1. The van der Waals surface area contributed by atoms with Crippen molar-refractivity contribution in [2.75, 3.05) is 6.61 Å². The van der Waals surface area contributed by atoms with Gasteiger partial charge in [0.05, 0.1) is 6.61 Å². The van der Waals surface area contributed by atoms with Crippen LogP contribution in [-0.4, -0.2) is 22.4 Å². The number of nitrogens with one attached hydrogen (secondary N) is 1. The Labute approximate surface area is 108 Å². The third kappa shape index (κ3) is 2.42. The van der Waals surface area contributed by atoms with Crippen LogP contribution in [0.1, 0.15) is 23.0 Å². The van der Waals surface area contributed by atoms with Gasteiger partial charge < -0.3 is 4.74 Å². The van der Waals surface area contributed by atoms with Gasteiger partial charge in [0, 0.05) is 6.07 Å². The molecule has 0 atom stereocenters. The Balaban J connectivity index is 2.49. The van der Waals surface area contributed by atoms with E-state index in [1.54, 1.807) is 26.0 Å². The number of aromatic amines is 1. The van der Waals surface area contributed by atoms with Crippen LogP contribution in [0.2, 0.25) is 0 Å². The minimum absolute atomic E-state index is 0.00671. The van der Waals surface area contributed by atoms with Crippen molar-refractivity contribution in [3.05, 3.63) is 51.7 Å². The van der Waals surface area contributed by atoms with Crippen LogP contribution >= 0.6 is 0 Å². The third-order valence-electron chi connectivity index (χ3n) is 2.63. The molecule has 0 amide bonds. The average molecular weight is 264 g/mol. The first-order valence-corrected chi connectivity index (χ1v) is 5.79. The highest BCUT2D eigenvalue weighted by atomic mass is 19.1. The van der Waals surface area contributed by atoms with Crippen molar-refractivity contribution < 1.29 is 13.9 Å². The Morgan fingerprint density at radius 2 is 2.21 bits per heavy atom. The molecule has 1 aromatic heterocycles. The molecule has 0 aliphatic carbocycles. The lowest BCUT2D eigenvalue weighted by Crippen LogP contribution is -2.15. The van der Waals surface area contributed by atoms with Gasteiger partial charge in [0.2, 0.25) is 0 Å². The summed E-state index contributed by atoms with van der Waals surface area (Å²) in [5.74, 6) is -1.16. The first-order chi connectivity index (χ1) is 9.04. The van der Waals surface area contributed by atoms with Crippen LogP contribution in [0.15, 0.2) is 29.1 Å². The van der Waals surface area contributed by atoms with E-state index in [1.165, 1.54) is 6.07 Å². The number of ether oxygens (including phenoxy) is 1. The zero-order valence-corrected chi connectivity index (χ0v) is 10.6. The fraction of sp³-hybridized carbons (Fsp3) is 0.231. The van der Waals surface area contributed by atoms with E-state index in [-0.39, 0.29) is 18.0 Å². The summed E-state index contributed by atoms with van der Waals surface area (Å²) in [6.45, 7) is 3.46. The molecule has 0 fully saturated rings. The highest BCUT2D eigenvalue weighted by Gasteiger charge is 2.15. The van der Waals surface area contributed by atoms with Crippen molar-refractivity contribution >= 4 is 5.97 Å². The molecule has 19 heavy (non-hydrogen) atoms. The largest absolute Gasteiger partial charge is 0.461 e. The molecule has 2 aromatic rings. The number of benzene rings is 1. The van der Waals surface area contributed by atoms with Gasteiger partial charge in [-0.05, 0) is 25.5 Å². The van der Waals surface area contributed by atoms with Crippen LogP contribution in [0.3, 0.4) is 0 Å². The SMILES string of the molecule is CCOC(=O)c1cc(=O)n(-c2cccc(C)c2F)[nH]1. The Kier molecular flexibility index (Phi) is 3.50. The third-order valence-corrected chi connectivity index (χ3v) is 2.63. The van der Waals surface area contributed by atoms with E-state index in [1.807, 2.05) is 0 Å². The highest BCUT2D eigenvalue weighted by molar-refractivity contribution is 5.87. The fourth-order valence-electron chi connectivity index (χ4n) is 1.69. The second-order valence-corrected chi connectivity index (χ2v) is 3.97. The molecule has 0 aliphatic rings. The van der Waals surface area contributed by atoms with Crippen molar-refractivity contribution in [2.45, 2.75) is 13.8 Å². The van der Waals surface area contributed by atoms with Gasteiger partial charge in [-0.3, -0.25) is 9.89 Å². The topological polar surface area (TPSA) is 64.1 Å². The summed E-state index contributed by atoms with van der Waals surface area (Å²) < 4.78 is 19.7. The average Bonchev–Trinajstić information content (AvgIpc) is 2.75. The van der Waals surface area contributed by atoms with Gasteiger partial charge in [-0.25, -0.2) is 13.9 Å². The van der Waals surface area contributed by atoms with Gasteiger partial charge in [-0.1, -0.05) is 12.1 Å². The molecule has 6 heteroatoms. The molecule has 0 unspecified atom stereocenters. The molecular weight excluding hydrogens is 251 g/mol. The van der Waals surface area contributed by atoms with Crippen molar-refractivity contribution in [3.63, 3.8) is 0 Å². The number of H-pyrrole nitrogens is 1. The lowest BCUT2D eigenvalue weighted by atomic mass is 10.2. The summed E-state index contributed by atoms with van der Waals surface area (Å²) in [4.78, 5) is 23.3. The van der Waals surface area contributed by atoms with Gasteiger partial charge in [-0.15, -0.1) is 0 Å². The number of carbonyl (C=O) groups excluding carboxylic acids is 1. The first-order valence-electron chi connectivity index (χ1n) is 5.79. The molecule has 2 rings (SSSR count). The standard InChI is InChI=1S/C13H13FN2O3/c1-3-19-13(18)9-7-11(17)16(15-9)10-6-4-5-8(2)12(10)14/h4-7,15H,3H2,1-2H3. The maximum atomic E-state index is 13.9. The predicted molar refractivity (Wildman–Crippen MR) is 67.0 cm³/mol. The van der Waals surface area contributed by atoms with Crippen molar-refractivity contribution in [2.24, 2.45) is 0 Å². The van der Waals surface area contributed by atoms with Crippen LogP contribution in [0.4, 0.5) is 4.39 Å². The van der Waals surface area contributed by atoms with Crippen LogP contribution in [0, 0.1) is 12.7 Å². The van der Waals surface area contributed by atoms with Crippen molar-refractivity contribution in [3.8, 4) is 5.69 Å². The van der Waals surface area contributed by atoms with E-state index in [9.17, 15) is 14.0 Å². The number of hydrogen-bond acceptors (Lipinski definition) is 3. The second kappa shape index (κ2) is 5.09. The Bertz CT molecular complexity index is 673. The molecule has 0 bridgehead atoms. The second-order valence-electron chi connectivity index (χ2n) is 3.97. The molecule has 100 valence electrons. The number of aromatic nitrogens is 2. The number of rotatable bonds is 3. The summed E-state index contributed by atoms with van der Waals surface area (Å²) in [6.07, 6.45) is 0. The highest BCUT2D eigenvalue weighted by Crippen LogP contribution is 2.14. The van der Waals surface area contributed by atoms with Gasteiger partial charge in [0.15, 0.2) is 5.82 Å². The summed E-state index contributed by atoms with van der Waals surface area (Å²) in [5, 5.41) is 2.54. The predicted octanol–water partition coefficient (Wildman–Crippen LogP) is 1.79. The van der Waals surface area contributed by atoms with E-state index in [0.717, 1.165) is 10.7 Å². The number of halogens is 1.